The lowest BCUT2D eigenvalue weighted by Crippen LogP contribution is -2.12. The molecule has 142 valence electrons. The van der Waals surface area contributed by atoms with Gasteiger partial charge in [-0.15, -0.1) is 21.5 Å². The third-order valence-corrected chi connectivity index (χ3v) is 6.05. The molecule has 3 aromatic heterocycles. The summed E-state index contributed by atoms with van der Waals surface area (Å²) in [7, 11) is 0. The summed E-state index contributed by atoms with van der Waals surface area (Å²) in [6, 6.07) is 6.74. The summed E-state index contributed by atoms with van der Waals surface area (Å²) >= 11 is 3.85. The van der Waals surface area contributed by atoms with Gasteiger partial charge < -0.3 is 0 Å². The number of hydrogen-bond donors (Lipinski definition) is 1. The Morgan fingerprint density at radius 3 is 2.64 bits per heavy atom. The van der Waals surface area contributed by atoms with Crippen LogP contribution in [0.4, 0.5) is 18.3 Å². The first-order valence-corrected chi connectivity index (χ1v) is 10.3. The predicted octanol–water partition coefficient (Wildman–Crippen LogP) is 5.66. The van der Waals surface area contributed by atoms with Crippen LogP contribution in [-0.2, 0) is 6.18 Å². The summed E-state index contributed by atoms with van der Waals surface area (Å²) in [5.41, 5.74) is 0.559. The van der Waals surface area contributed by atoms with Gasteiger partial charge in [0.15, 0.2) is 0 Å². The maximum atomic E-state index is 12.9. The number of nitrogens with one attached hydrogen (secondary N) is 1. The van der Waals surface area contributed by atoms with E-state index in [2.05, 4.69) is 20.5 Å². The highest BCUT2D eigenvalue weighted by Gasteiger charge is 2.30. The molecular formula is C17H9F3N4OS3. The number of halogens is 3. The van der Waals surface area contributed by atoms with E-state index in [4.69, 9.17) is 0 Å². The summed E-state index contributed by atoms with van der Waals surface area (Å²) in [4.78, 5) is 16.5. The Hall–Kier alpha value is -2.63. The smallest absolute Gasteiger partial charge is 0.295 e. The van der Waals surface area contributed by atoms with Crippen molar-refractivity contribution in [3.8, 4) is 21.1 Å². The Morgan fingerprint density at radius 2 is 1.89 bits per heavy atom. The number of amides is 1. The number of thiazole rings is 1. The summed E-state index contributed by atoms with van der Waals surface area (Å²) in [6.45, 7) is 0. The quantitative estimate of drug-likeness (QED) is 0.446. The van der Waals surface area contributed by atoms with E-state index >= 15 is 0 Å². The molecule has 0 fully saturated rings. The van der Waals surface area contributed by atoms with Crippen molar-refractivity contribution in [2.75, 3.05) is 5.32 Å². The van der Waals surface area contributed by atoms with E-state index in [0.29, 0.717) is 20.7 Å². The maximum absolute atomic E-state index is 12.9. The van der Waals surface area contributed by atoms with Crippen LogP contribution in [0.3, 0.4) is 0 Å². The van der Waals surface area contributed by atoms with Crippen LogP contribution < -0.4 is 5.32 Å². The number of carbonyl (C=O) groups excluding carboxylic acids is 1. The molecule has 0 spiro atoms. The topological polar surface area (TPSA) is 67.8 Å². The van der Waals surface area contributed by atoms with E-state index in [0.717, 1.165) is 29.0 Å². The molecule has 0 aliphatic carbocycles. The fraction of sp³-hybridized carbons (Fsp3) is 0.0588. The molecule has 0 radical (unpaired) electrons. The zero-order chi connectivity index (χ0) is 19.7. The minimum absolute atomic E-state index is 0.102. The van der Waals surface area contributed by atoms with E-state index in [-0.39, 0.29) is 5.69 Å². The Labute approximate surface area is 168 Å². The van der Waals surface area contributed by atoms with E-state index in [1.807, 2.05) is 16.8 Å². The third-order valence-electron chi connectivity index (χ3n) is 3.59. The Morgan fingerprint density at radius 1 is 1.04 bits per heavy atom. The number of hydrogen-bond acceptors (Lipinski definition) is 7. The van der Waals surface area contributed by atoms with Gasteiger partial charge in [-0.25, -0.2) is 4.98 Å². The number of anilines is 1. The second-order valence-electron chi connectivity index (χ2n) is 5.49. The zero-order valence-electron chi connectivity index (χ0n) is 13.7. The van der Waals surface area contributed by atoms with Crippen molar-refractivity contribution < 1.29 is 18.0 Å². The molecule has 0 saturated carbocycles. The van der Waals surface area contributed by atoms with E-state index < -0.39 is 17.6 Å². The number of benzene rings is 1. The molecule has 5 nitrogen and oxygen atoms in total. The second kappa shape index (κ2) is 7.41. The van der Waals surface area contributed by atoms with Crippen molar-refractivity contribution in [3.63, 3.8) is 0 Å². The molecule has 0 aliphatic heterocycles. The third kappa shape index (κ3) is 3.96. The zero-order valence-corrected chi connectivity index (χ0v) is 16.2. The van der Waals surface area contributed by atoms with Crippen LogP contribution in [0.1, 0.15) is 16.1 Å². The van der Waals surface area contributed by atoms with Gasteiger partial charge in [0.05, 0.1) is 5.56 Å². The van der Waals surface area contributed by atoms with Crippen LogP contribution in [0.15, 0.2) is 46.5 Å². The second-order valence-corrected chi connectivity index (χ2v) is 8.11. The summed E-state index contributed by atoms with van der Waals surface area (Å²) in [5, 5.41) is 17.2. The van der Waals surface area contributed by atoms with Crippen LogP contribution in [0.25, 0.3) is 21.1 Å². The highest BCUT2D eigenvalue weighted by molar-refractivity contribution is 7.19. The SMILES string of the molecule is O=C(Nc1nnc(-c2ccsc2)s1)c1csc(-c2cccc(C(F)(F)F)c2)n1. The molecule has 1 amide bonds. The van der Waals surface area contributed by atoms with Gasteiger partial charge in [0, 0.05) is 21.9 Å². The van der Waals surface area contributed by atoms with Crippen LogP contribution in [0.2, 0.25) is 0 Å². The molecule has 28 heavy (non-hydrogen) atoms. The molecule has 0 bridgehead atoms. The summed E-state index contributed by atoms with van der Waals surface area (Å²) in [6.07, 6.45) is -4.44. The fourth-order valence-electron chi connectivity index (χ4n) is 2.28. The normalized spacial score (nSPS) is 11.5. The molecule has 1 N–H and O–H groups in total. The van der Waals surface area contributed by atoms with Gasteiger partial charge in [0.25, 0.3) is 5.91 Å². The van der Waals surface area contributed by atoms with Gasteiger partial charge in [0.1, 0.15) is 15.7 Å². The van der Waals surface area contributed by atoms with Gasteiger partial charge in [-0.2, -0.15) is 24.5 Å². The standard InChI is InChI=1S/C17H9F3N4OS3/c18-17(19,20)11-3-1-2-9(6-11)14-21-12(8-27-14)13(25)22-16-24-23-15(28-16)10-4-5-26-7-10/h1-8H,(H,22,24,25). The lowest BCUT2D eigenvalue weighted by Gasteiger charge is -2.07. The molecule has 3 heterocycles. The van der Waals surface area contributed by atoms with Crippen molar-refractivity contribution in [3.05, 3.63) is 57.7 Å². The van der Waals surface area contributed by atoms with Crippen LogP contribution in [0.5, 0.6) is 0 Å². The largest absolute Gasteiger partial charge is 0.416 e. The maximum Gasteiger partial charge on any atom is 0.416 e. The first-order valence-electron chi connectivity index (χ1n) is 7.71. The van der Waals surface area contributed by atoms with Gasteiger partial charge >= 0.3 is 6.18 Å². The lowest BCUT2D eigenvalue weighted by atomic mass is 10.1. The van der Waals surface area contributed by atoms with Crippen molar-refractivity contribution in [1.29, 1.82) is 0 Å². The average Bonchev–Trinajstić information content (AvgIpc) is 3.41. The van der Waals surface area contributed by atoms with Crippen LogP contribution in [-0.4, -0.2) is 21.1 Å². The van der Waals surface area contributed by atoms with E-state index in [1.54, 1.807) is 0 Å². The minimum Gasteiger partial charge on any atom is -0.295 e. The number of aromatic nitrogens is 3. The molecule has 0 saturated heterocycles. The average molecular weight is 438 g/mol. The fourth-order valence-corrected chi connectivity index (χ4v) is 4.52. The summed E-state index contributed by atoms with van der Waals surface area (Å²) < 4.78 is 38.6. The molecule has 0 unspecified atom stereocenters. The summed E-state index contributed by atoms with van der Waals surface area (Å²) in [5.74, 6) is -0.498. The van der Waals surface area contributed by atoms with Gasteiger partial charge in [-0.1, -0.05) is 23.5 Å². The molecule has 4 aromatic rings. The highest BCUT2D eigenvalue weighted by Crippen LogP contribution is 2.33. The van der Waals surface area contributed by atoms with Crippen molar-refractivity contribution in [2.24, 2.45) is 0 Å². The lowest BCUT2D eigenvalue weighted by molar-refractivity contribution is -0.137. The minimum atomic E-state index is -4.44. The highest BCUT2D eigenvalue weighted by atomic mass is 32.1. The number of rotatable bonds is 4. The molecule has 0 aliphatic rings. The molecule has 4 rings (SSSR count). The van der Waals surface area contributed by atoms with Crippen molar-refractivity contribution in [1.82, 2.24) is 15.2 Å². The van der Waals surface area contributed by atoms with Gasteiger partial charge in [0.2, 0.25) is 5.13 Å². The van der Waals surface area contributed by atoms with E-state index in [9.17, 15) is 18.0 Å². The Bertz CT molecular complexity index is 1120. The Kier molecular flexibility index (Phi) is 4.96. The first-order chi connectivity index (χ1) is 13.4. The molecule has 11 heteroatoms. The first kappa shape index (κ1) is 18.7. The van der Waals surface area contributed by atoms with Crippen molar-refractivity contribution in [2.45, 2.75) is 6.18 Å². The molecule has 1 aromatic carbocycles. The molecule has 0 atom stereocenters. The molecular weight excluding hydrogens is 429 g/mol. The van der Waals surface area contributed by atoms with Crippen molar-refractivity contribution >= 4 is 45.0 Å². The number of carbonyl (C=O) groups is 1. The van der Waals surface area contributed by atoms with Crippen LogP contribution >= 0.6 is 34.0 Å². The van der Waals surface area contributed by atoms with E-state index in [1.165, 1.54) is 40.2 Å². The van der Waals surface area contributed by atoms with Gasteiger partial charge in [-0.05, 0) is 23.6 Å². The number of nitrogens with zero attached hydrogens (tertiary/aromatic N) is 3. The van der Waals surface area contributed by atoms with Crippen LogP contribution in [0, 0.1) is 0 Å². The Balaban J connectivity index is 1.51. The number of thiophene rings is 1. The monoisotopic (exact) mass is 438 g/mol. The predicted molar refractivity (Wildman–Crippen MR) is 104 cm³/mol. The number of alkyl halides is 3. The van der Waals surface area contributed by atoms with Gasteiger partial charge in [-0.3, -0.25) is 10.1 Å².